The Kier molecular flexibility index (Phi) is 6.84. The van der Waals surface area contributed by atoms with E-state index >= 15 is 0 Å². The first kappa shape index (κ1) is 24.1. The summed E-state index contributed by atoms with van der Waals surface area (Å²) in [5.74, 6) is 1.54. The summed E-state index contributed by atoms with van der Waals surface area (Å²) in [5, 5.41) is 4.23. The number of thiophene rings is 1. The van der Waals surface area contributed by atoms with Gasteiger partial charge in [0.2, 0.25) is 0 Å². The number of carbonyl (C=O) groups is 1. The van der Waals surface area contributed by atoms with Gasteiger partial charge in [-0.15, -0.1) is 11.3 Å². The Hall–Kier alpha value is -3.56. The number of hydrogen-bond acceptors (Lipinski definition) is 8. The topological polar surface area (TPSA) is 79.8 Å². The van der Waals surface area contributed by atoms with Gasteiger partial charge >= 0.3 is 0 Å². The third-order valence-electron chi connectivity index (χ3n) is 6.34. The summed E-state index contributed by atoms with van der Waals surface area (Å²) >= 11 is 7.64. The summed E-state index contributed by atoms with van der Waals surface area (Å²) in [6.07, 6.45) is 1.57. The molecule has 0 aliphatic carbocycles. The zero-order chi connectivity index (χ0) is 25.2. The SMILES string of the molecule is COc1cc(OC)c(NC(=O)c2sc3ncnc(N4CCN(c5ccccc5)CC4)c3c2C)cc1Cl. The van der Waals surface area contributed by atoms with Gasteiger partial charge in [0.25, 0.3) is 5.91 Å². The molecular formula is C26H26ClN5O3S. The molecule has 8 nitrogen and oxygen atoms in total. The summed E-state index contributed by atoms with van der Waals surface area (Å²) in [6, 6.07) is 13.7. The summed E-state index contributed by atoms with van der Waals surface area (Å²) in [6.45, 7) is 5.39. The van der Waals surface area contributed by atoms with Crippen LogP contribution >= 0.6 is 22.9 Å². The van der Waals surface area contributed by atoms with Gasteiger partial charge in [0, 0.05) is 37.9 Å². The molecule has 1 amide bonds. The highest BCUT2D eigenvalue weighted by molar-refractivity contribution is 7.20. The molecule has 36 heavy (non-hydrogen) atoms. The number of benzene rings is 2. The molecule has 3 heterocycles. The van der Waals surface area contributed by atoms with E-state index in [4.69, 9.17) is 21.1 Å². The van der Waals surface area contributed by atoms with E-state index in [2.05, 4.69) is 49.4 Å². The van der Waals surface area contributed by atoms with Gasteiger partial charge in [-0.3, -0.25) is 4.79 Å². The van der Waals surface area contributed by atoms with Crippen molar-refractivity contribution in [1.82, 2.24) is 9.97 Å². The van der Waals surface area contributed by atoms with Gasteiger partial charge in [-0.1, -0.05) is 29.8 Å². The van der Waals surface area contributed by atoms with E-state index in [1.165, 1.54) is 31.2 Å². The molecule has 2 aromatic heterocycles. The average molecular weight is 524 g/mol. The Bertz CT molecular complexity index is 1400. The second-order valence-electron chi connectivity index (χ2n) is 8.38. The predicted molar refractivity (Wildman–Crippen MR) is 146 cm³/mol. The van der Waals surface area contributed by atoms with Crippen LogP contribution in [-0.4, -0.2) is 56.3 Å². The third-order valence-corrected chi connectivity index (χ3v) is 7.83. The van der Waals surface area contributed by atoms with Crippen LogP contribution in [0.4, 0.5) is 17.2 Å². The number of nitrogens with zero attached hydrogens (tertiary/aromatic N) is 4. The highest BCUT2D eigenvalue weighted by atomic mass is 35.5. The van der Waals surface area contributed by atoms with Crippen molar-refractivity contribution in [3.8, 4) is 11.5 Å². The van der Waals surface area contributed by atoms with Crippen molar-refractivity contribution < 1.29 is 14.3 Å². The monoisotopic (exact) mass is 523 g/mol. The first-order chi connectivity index (χ1) is 17.5. The van der Waals surface area contributed by atoms with Gasteiger partial charge in [0.1, 0.15) is 28.5 Å². The van der Waals surface area contributed by atoms with Crippen LogP contribution in [0.2, 0.25) is 5.02 Å². The molecule has 1 saturated heterocycles. The molecule has 10 heteroatoms. The van der Waals surface area contributed by atoms with Gasteiger partial charge in [-0.25, -0.2) is 9.97 Å². The van der Waals surface area contributed by atoms with Gasteiger partial charge < -0.3 is 24.6 Å². The number of aryl methyl sites for hydroxylation is 1. The van der Waals surface area contributed by atoms with Crippen molar-refractivity contribution in [3.05, 3.63) is 64.3 Å². The first-order valence-electron chi connectivity index (χ1n) is 11.5. The van der Waals surface area contributed by atoms with Crippen LogP contribution in [0.5, 0.6) is 11.5 Å². The Balaban J connectivity index is 1.40. The molecule has 4 aromatic rings. The Labute approximate surface area is 218 Å². The molecule has 0 unspecified atom stereocenters. The average Bonchev–Trinajstić information content (AvgIpc) is 3.26. The molecule has 0 spiro atoms. The molecule has 0 saturated carbocycles. The minimum atomic E-state index is -0.255. The number of anilines is 3. The lowest BCUT2D eigenvalue weighted by Gasteiger charge is -2.37. The molecule has 1 N–H and O–H groups in total. The normalized spacial score (nSPS) is 13.7. The number of hydrogen-bond donors (Lipinski definition) is 1. The van der Waals surface area contributed by atoms with E-state index in [1.54, 1.807) is 18.5 Å². The number of fused-ring (bicyclic) bond motifs is 1. The molecule has 0 atom stereocenters. The van der Waals surface area contributed by atoms with Crippen LogP contribution in [0, 0.1) is 6.92 Å². The third kappa shape index (κ3) is 4.52. The number of methoxy groups -OCH3 is 2. The fourth-order valence-corrected chi connectivity index (χ4v) is 5.74. The quantitative estimate of drug-likeness (QED) is 0.370. The van der Waals surface area contributed by atoms with Crippen molar-refractivity contribution >= 4 is 56.3 Å². The number of nitrogens with one attached hydrogen (secondary N) is 1. The maximum absolute atomic E-state index is 13.3. The van der Waals surface area contributed by atoms with Crippen molar-refractivity contribution in [2.24, 2.45) is 0 Å². The van der Waals surface area contributed by atoms with Crippen LogP contribution in [0.25, 0.3) is 10.2 Å². The number of halogens is 1. The van der Waals surface area contributed by atoms with E-state index in [0.29, 0.717) is 27.1 Å². The minimum absolute atomic E-state index is 0.255. The predicted octanol–water partition coefficient (Wildman–Crippen LogP) is 5.25. The number of rotatable bonds is 6. The van der Waals surface area contributed by atoms with Crippen LogP contribution in [0.1, 0.15) is 15.2 Å². The molecule has 186 valence electrons. The highest BCUT2D eigenvalue weighted by Gasteiger charge is 2.25. The molecule has 1 aliphatic rings. The van der Waals surface area contributed by atoms with Crippen LogP contribution in [0.15, 0.2) is 48.8 Å². The fourth-order valence-electron chi connectivity index (χ4n) is 4.46. The van der Waals surface area contributed by atoms with Crippen molar-refractivity contribution in [1.29, 1.82) is 0 Å². The number of carbonyl (C=O) groups excluding carboxylic acids is 1. The van der Waals surface area contributed by atoms with Crippen LogP contribution < -0.4 is 24.6 Å². The molecular weight excluding hydrogens is 498 g/mol. The van der Waals surface area contributed by atoms with Gasteiger partial charge in [-0.2, -0.15) is 0 Å². The van der Waals surface area contributed by atoms with E-state index in [0.717, 1.165) is 47.8 Å². The van der Waals surface area contributed by atoms with E-state index in [1.807, 2.05) is 13.0 Å². The summed E-state index contributed by atoms with van der Waals surface area (Å²) in [7, 11) is 3.06. The van der Waals surface area contributed by atoms with Gasteiger partial charge in [0.05, 0.1) is 35.2 Å². The maximum Gasteiger partial charge on any atom is 0.266 e. The standard InChI is InChI=1S/C26H26ClN5O3S/c1-16-22-24(32-11-9-31(10-12-32)17-7-5-4-6-8-17)28-15-29-26(22)36-23(16)25(33)30-19-13-18(27)20(34-2)14-21(19)35-3/h4-8,13-15H,9-12H2,1-3H3,(H,30,33). The van der Waals surface area contributed by atoms with E-state index in [9.17, 15) is 4.79 Å². The Morgan fingerprint density at radius 3 is 2.39 bits per heavy atom. The van der Waals surface area contributed by atoms with E-state index < -0.39 is 0 Å². The molecule has 1 aliphatic heterocycles. The van der Waals surface area contributed by atoms with Gasteiger partial charge in [0.15, 0.2) is 0 Å². The highest BCUT2D eigenvalue weighted by Crippen LogP contribution is 2.38. The van der Waals surface area contributed by atoms with Crippen molar-refractivity contribution in [3.63, 3.8) is 0 Å². The zero-order valence-corrected chi connectivity index (χ0v) is 21.8. The number of piperazine rings is 1. The van der Waals surface area contributed by atoms with Crippen molar-refractivity contribution in [2.75, 3.05) is 55.5 Å². The number of ether oxygens (including phenoxy) is 2. The van der Waals surface area contributed by atoms with Crippen LogP contribution in [0.3, 0.4) is 0 Å². The minimum Gasteiger partial charge on any atom is -0.495 e. The lowest BCUT2D eigenvalue weighted by molar-refractivity contribution is 0.102. The molecule has 1 fully saturated rings. The fraction of sp³-hybridized carbons (Fsp3) is 0.269. The molecule has 2 aromatic carbocycles. The lowest BCUT2D eigenvalue weighted by atomic mass is 10.1. The molecule has 0 bridgehead atoms. The Morgan fingerprint density at radius 1 is 1.00 bits per heavy atom. The summed E-state index contributed by atoms with van der Waals surface area (Å²) in [4.78, 5) is 28.4. The van der Waals surface area contributed by atoms with Crippen LogP contribution in [-0.2, 0) is 0 Å². The largest absolute Gasteiger partial charge is 0.495 e. The van der Waals surface area contributed by atoms with E-state index in [-0.39, 0.29) is 5.91 Å². The molecule has 0 radical (unpaired) electrons. The maximum atomic E-state index is 13.3. The number of aromatic nitrogens is 2. The number of amides is 1. The summed E-state index contributed by atoms with van der Waals surface area (Å²) < 4.78 is 10.7. The Morgan fingerprint density at radius 2 is 1.69 bits per heavy atom. The second kappa shape index (κ2) is 10.2. The first-order valence-corrected chi connectivity index (χ1v) is 12.7. The lowest BCUT2D eigenvalue weighted by Crippen LogP contribution is -2.46. The zero-order valence-electron chi connectivity index (χ0n) is 20.2. The second-order valence-corrected chi connectivity index (χ2v) is 9.79. The smallest absolute Gasteiger partial charge is 0.266 e. The van der Waals surface area contributed by atoms with Gasteiger partial charge in [-0.05, 0) is 30.7 Å². The number of para-hydroxylation sites is 1. The summed E-state index contributed by atoms with van der Waals surface area (Å²) in [5.41, 5.74) is 2.55. The molecule has 5 rings (SSSR count). The van der Waals surface area contributed by atoms with Crippen molar-refractivity contribution in [2.45, 2.75) is 6.92 Å².